The highest BCUT2D eigenvalue weighted by Gasteiger charge is 2.09. The Morgan fingerprint density at radius 3 is 2.75 bits per heavy atom. The first-order valence-electron chi connectivity index (χ1n) is 6.31. The molecule has 3 N–H and O–H groups in total. The zero-order chi connectivity index (χ0) is 15.0. The van der Waals surface area contributed by atoms with Crippen LogP contribution in [-0.4, -0.2) is 49.8 Å². The lowest BCUT2D eigenvalue weighted by Gasteiger charge is -2.11. The molecular weight excluding hydrogens is 260 g/mol. The van der Waals surface area contributed by atoms with Crippen LogP contribution < -0.4 is 10.6 Å². The number of aliphatic hydroxyl groups excluding tert-OH is 1. The van der Waals surface area contributed by atoms with Crippen LogP contribution in [0.3, 0.4) is 0 Å². The number of rotatable bonds is 7. The Hall–Kier alpha value is -1.92. The standard InChI is InChI=1S/C14H20N2O4/c1-10-4-3-5-11(6-10)14(19)16-8-13(18)15-7-12(17)9-20-2/h3-6,12,17H,7-9H2,1-2H3,(H,15,18)(H,16,19). The van der Waals surface area contributed by atoms with E-state index in [-0.39, 0.29) is 31.5 Å². The number of nitrogens with one attached hydrogen (secondary N) is 2. The highest BCUT2D eigenvalue weighted by atomic mass is 16.5. The summed E-state index contributed by atoms with van der Waals surface area (Å²) in [5.41, 5.74) is 1.49. The van der Waals surface area contributed by atoms with E-state index >= 15 is 0 Å². The average molecular weight is 280 g/mol. The summed E-state index contributed by atoms with van der Waals surface area (Å²) in [6, 6.07) is 7.10. The van der Waals surface area contributed by atoms with Gasteiger partial charge in [0.25, 0.3) is 5.91 Å². The number of aryl methyl sites for hydroxylation is 1. The van der Waals surface area contributed by atoms with Gasteiger partial charge in [0.2, 0.25) is 5.91 Å². The van der Waals surface area contributed by atoms with E-state index in [4.69, 9.17) is 4.74 Å². The van der Waals surface area contributed by atoms with Gasteiger partial charge in [-0.1, -0.05) is 17.7 Å². The van der Waals surface area contributed by atoms with Crippen molar-refractivity contribution in [1.82, 2.24) is 10.6 Å². The maximum Gasteiger partial charge on any atom is 0.251 e. The van der Waals surface area contributed by atoms with Gasteiger partial charge in [0.05, 0.1) is 19.3 Å². The van der Waals surface area contributed by atoms with Crippen molar-refractivity contribution in [3.63, 3.8) is 0 Å². The van der Waals surface area contributed by atoms with Gasteiger partial charge in [-0.15, -0.1) is 0 Å². The van der Waals surface area contributed by atoms with Crippen molar-refractivity contribution in [1.29, 1.82) is 0 Å². The maximum atomic E-state index is 11.8. The predicted molar refractivity (Wildman–Crippen MR) is 74.4 cm³/mol. The third kappa shape index (κ3) is 5.81. The smallest absolute Gasteiger partial charge is 0.251 e. The fourth-order valence-corrected chi connectivity index (χ4v) is 1.59. The number of hydrogen-bond acceptors (Lipinski definition) is 4. The first-order chi connectivity index (χ1) is 9.52. The van der Waals surface area contributed by atoms with E-state index in [0.29, 0.717) is 5.56 Å². The average Bonchev–Trinajstić information content (AvgIpc) is 2.43. The van der Waals surface area contributed by atoms with Crippen LogP contribution in [0, 0.1) is 6.92 Å². The van der Waals surface area contributed by atoms with Gasteiger partial charge in [-0.2, -0.15) is 0 Å². The first-order valence-corrected chi connectivity index (χ1v) is 6.31. The molecule has 1 unspecified atom stereocenters. The molecule has 0 saturated heterocycles. The summed E-state index contributed by atoms with van der Waals surface area (Å²) >= 11 is 0. The van der Waals surface area contributed by atoms with E-state index in [0.717, 1.165) is 5.56 Å². The zero-order valence-corrected chi connectivity index (χ0v) is 11.7. The largest absolute Gasteiger partial charge is 0.389 e. The molecule has 1 atom stereocenters. The number of hydrogen-bond donors (Lipinski definition) is 3. The van der Waals surface area contributed by atoms with Gasteiger partial charge in [0.1, 0.15) is 0 Å². The summed E-state index contributed by atoms with van der Waals surface area (Å²) in [5.74, 6) is -0.664. The fourth-order valence-electron chi connectivity index (χ4n) is 1.59. The first kappa shape index (κ1) is 16.1. The van der Waals surface area contributed by atoms with Crippen LogP contribution in [0.15, 0.2) is 24.3 Å². The number of methoxy groups -OCH3 is 1. The van der Waals surface area contributed by atoms with Crippen molar-refractivity contribution in [2.75, 3.05) is 26.8 Å². The molecule has 0 heterocycles. The zero-order valence-electron chi connectivity index (χ0n) is 11.7. The molecule has 0 fully saturated rings. The number of ether oxygens (including phenoxy) is 1. The van der Waals surface area contributed by atoms with E-state index in [2.05, 4.69) is 10.6 Å². The molecule has 0 bridgehead atoms. The minimum atomic E-state index is -0.753. The molecule has 0 aromatic heterocycles. The Kier molecular flexibility index (Phi) is 6.69. The molecule has 110 valence electrons. The van der Waals surface area contributed by atoms with Gasteiger partial charge in [0, 0.05) is 19.2 Å². The Labute approximate surface area is 118 Å². The number of carbonyl (C=O) groups is 2. The molecule has 1 aromatic carbocycles. The molecule has 1 aromatic rings. The van der Waals surface area contributed by atoms with Crippen LogP contribution in [0.5, 0.6) is 0 Å². The minimum Gasteiger partial charge on any atom is -0.389 e. The molecular formula is C14H20N2O4. The maximum absolute atomic E-state index is 11.8. The minimum absolute atomic E-state index is 0.0903. The van der Waals surface area contributed by atoms with Crippen molar-refractivity contribution in [3.05, 3.63) is 35.4 Å². The van der Waals surface area contributed by atoms with Gasteiger partial charge in [-0.25, -0.2) is 0 Å². The van der Waals surface area contributed by atoms with Gasteiger partial charge >= 0.3 is 0 Å². The van der Waals surface area contributed by atoms with Gasteiger partial charge in [0.15, 0.2) is 0 Å². The van der Waals surface area contributed by atoms with E-state index in [1.807, 2.05) is 13.0 Å². The molecule has 0 radical (unpaired) electrons. The van der Waals surface area contributed by atoms with Crippen LogP contribution in [0.25, 0.3) is 0 Å². The quantitative estimate of drug-likeness (QED) is 0.648. The summed E-state index contributed by atoms with van der Waals surface area (Å²) in [4.78, 5) is 23.3. The highest BCUT2D eigenvalue weighted by Crippen LogP contribution is 2.03. The lowest BCUT2D eigenvalue weighted by atomic mass is 10.1. The topological polar surface area (TPSA) is 87.7 Å². The van der Waals surface area contributed by atoms with Crippen LogP contribution in [0.4, 0.5) is 0 Å². The second kappa shape index (κ2) is 8.29. The second-order valence-electron chi connectivity index (χ2n) is 4.47. The summed E-state index contributed by atoms with van der Waals surface area (Å²) in [7, 11) is 1.47. The van der Waals surface area contributed by atoms with E-state index < -0.39 is 6.10 Å². The summed E-state index contributed by atoms with van der Waals surface area (Å²) in [5, 5.41) is 14.4. The monoisotopic (exact) mass is 280 g/mol. The molecule has 0 aliphatic heterocycles. The van der Waals surface area contributed by atoms with Crippen molar-refractivity contribution >= 4 is 11.8 Å². The van der Waals surface area contributed by atoms with Gasteiger partial charge < -0.3 is 20.5 Å². The van der Waals surface area contributed by atoms with Crippen molar-refractivity contribution in [3.8, 4) is 0 Å². The molecule has 6 nitrogen and oxygen atoms in total. The normalized spacial score (nSPS) is 11.8. The van der Waals surface area contributed by atoms with Crippen LogP contribution >= 0.6 is 0 Å². The van der Waals surface area contributed by atoms with Crippen molar-refractivity contribution in [2.24, 2.45) is 0 Å². The Balaban J connectivity index is 2.32. The van der Waals surface area contributed by atoms with Crippen LogP contribution in [0.2, 0.25) is 0 Å². The number of carbonyl (C=O) groups excluding carboxylic acids is 2. The van der Waals surface area contributed by atoms with Gasteiger partial charge in [-0.05, 0) is 19.1 Å². The summed E-state index contributed by atoms with van der Waals surface area (Å²) in [6.45, 7) is 2.00. The second-order valence-corrected chi connectivity index (χ2v) is 4.47. The molecule has 0 aliphatic rings. The Morgan fingerprint density at radius 1 is 1.35 bits per heavy atom. The van der Waals surface area contributed by atoms with E-state index in [1.165, 1.54) is 7.11 Å². The number of amides is 2. The third-order valence-corrected chi connectivity index (χ3v) is 2.58. The lowest BCUT2D eigenvalue weighted by Crippen LogP contribution is -2.41. The molecule has 0 spiro atoms. The molecule has 1 rings (SSSR count). The summed E-state index contributed by atoms with van der Waals surface area (Å²) < 4.78 is 4.73. The molecule has 20 heavy (non-hydrogen) atoms. The molecule has 0 aliphatic carbocycles. The predicted octanol–water partition coefficient (Wildman–Crippen LogP) is -0.152. The van der Waals surface area contributed by atoms with E-state index in [9.17, 15) is 14.7 Å². The SMILES string of the molecule is COCC(O)CNC(=O)CNC(=O)c1cccc(C)c1. The highest BCUT2D eigenvalue weighted by molar-refractivity contribution is 5.96. The van der Waals surface area contributed by atoms with Gasteiger partial charge in [-0.3, -0.25) is 9.59 Å². The fraction of sp³-hybridized carbons (Fsp3) is 0.429. The molecule has 2 amide bonds. The van der Waals surface area contributed by atoms with E-state index in [1.54, 1.807) is 18.2 Å². The van der Waals surface area contributed by atoms with Crippen molar-refractivity contribution in [2.45, 2.75) is 13.0 Å². The van der Waals surface area contributed by atoms with Crippen LogP contribution in [-0.2, 0) is 9.53 Å². The number of benzene rings is 1. The molecule has 0 saturated carbocycles. The lowest BCUT2D eigenvalue weighted by molar-refractivity contribution is -0.120. The molecule has 6 heteroatoms. The summed E-state index contributed by atoms with van der Waals surface area (Å²) in [6.07, 6.45) is -0.753. The van der Waals surface area contributed by atoms with Crippen molar-refractivity contribution < 1.29 is 19.4 Å². The number of aliphatic hydroxyl groups is 1. The Morgan fingerprint density at radius 2 is 2.10 bits per heavy atom. The third-order valence-electron chi connectivity index (χ3n) is 2.58. The van der Waals surface area contributed by atoms with Crippen LogP contribution in [0.1, 0.15) is 15.9 Å². The Bertz CT molecular complexity index is 462.